The molecule has 2 nitrogen and oxygen atoms in total. The highest BCUT2D eigenvalue weighted by molar-refractivity contribution is 7.25. The number of nitrogens with zero attached hydrogens (tertiary/aromatic N) is 1. The highest BCUT2D eigenvalue weighted by Gasteiger charge is 2.46. The van der Waals surface area contributed by atoms with Crippen molar-refractivity contribution in [1.29, 1.82) is 0 Å². The molecule has 0 radical (unpaired) electrons. The van der Waals surface area contributed by atoms with Gasteiger partial charge in [0.05, 0.1) is 5.41 Å². The molecule has 2 heterocycles. The van der Waals surface area contributed by atoms with Gasteiger partial charge < -0.3 is 9.32 Å². The van der Waals surface area contributed by atoms with Gasteiger partial charge in [0.2, 0.25) is 0 Å². The zero-order chi connectivity index (χ0) is 44.8. The Hall–Kier alpha value is -8.50. The van der Waals surface area contributed by atoms with E-state index in [1.807, 2.05) is 11.3 Å². The molecule has 0 unspecified atom stereocenters. The monoisotopic (exact) mass is 883 g/mol. The summed E-state index contributed by atoms with van der Waals surface area (Å²) in [4.78, 5) is 2.44. The summed E-state index contributed by atoms with van der Waals surface area (Å²) in [5.41, 5.74) is 16.7. The van der Waals surface area contributed by atoms with Crippen molar-refractivity contribution in [3.8, 4) is 33.4 Å². The first kappa shape index (κ1) is 38.7. The Morgan fingerprint density at radius 2 is 1.00 bits per heavy atom. The molecule has 1 aliphatic rings. The molecule has 1 aliphatic carbocycles. The molecule has 0 saturated heterocycles. The highest BCUT2D eigenvalue weighted by Crippen LogP contribution is 2.57. The van der Waals surface area contributed by atoms with E-state index in [1.165, 1.54) is 70.1 Å². The summed E-state index contributed by atoms with van der Waals surface area (Å²) in [6.07, 6.45) is 0. The van der Waals surface area contributed by atoms with Crippen LogP contribution in [0, 0.1) is 0 Å². The Balaban J connectivity index is 0.971. The van der Waals surface area contributed by atoms with Crippen molar-refractivity contribution in [3.05, 3.63) is 271 Å². The van der Waals surface area contributed by atoms with Crippen molar-refractivity contribution in [2.45, 2.75) is 5.41 Å². The maximum absolute atomic E-state index is 6.68. The highest BCUT2D eigenvalue weighted by atomic mass is 32.1. The molecular formula is C65H41NOS. The topological polar surface area (TPSA) is 16.4 Å². The van der Waals surface area contributed by atoms with Gasteiger partial charge in [-0.3, -0.25) is 0 Å². The maximum Gasteiger partial charge on any atom is 0.143 e. The first-order chi connectivity index (χ1) is 33.7. The van der Waals surface area contributed by atoms with Gasteiger partial charge in [-0.1, -0.05) is 182 Å². The molecule has 14 rings (SSSR count). The first-order valence-electron chi connectivity index (χ1n) is 23.3. The van der Waals surface area contributed by atoms with Gasteiger partial charge in [-0.25, -0.2) is 0 Å². The number of fused-ring (bicyclic) bond motifs is 11. The second-order valence-corrected chi connectivity index (χ2v) is 19.0. The molecule has 0 spiro atoms. The minimum atomic E-state index is -0.533. The number of rotatable bonds is 7. The van der Waals surface area contributed by atoms with Gasteiger partial charge in [0, 0.05) is 53.4 Å². The Labute approximate surface area is 398 Å². The molecule has 0 fully saturated rings. The molecule has 68 heavy (non-hydrogen) atoms. The Kier molecular flexibility index (Phi) is 8.71. The van der Waals surface area contributed by atoms with E-state index in [4.69, 9.17) is 4.42 Å². The smallest absolute Gasteiger partial charge is 0.143 e. The summed E-state index contributed by atoms with van der Waals surface area (Å²) in [6, 6.07) is 91.4. The average molecular weight is 884 g/mol. The zero-order valence-electron chi connectivity index (χ0n) is 36.9. The number of anilines is 3. The standard InChI is InChI=1S/C65H41NOS/c1-3-17-46(18-4-1)65(47-19-5-2-6-20-47)58-26-11-9-23-53(58)54-37-35-50(41-59(54)65)66(48-33-29-42(30-34-48)44-32-38-62-57(40-44)55-24-10-12-28-61(55)68-62)49-21-13-16-45(39-49)51-25-14-27-60-63(51)56-36-31-43-15-7-8-22-52(43)64(56)67-60/h1-41H. The summed E-state index contributed by atoms with van der Waals surface area (Å²) in [6.45, 7) is 0. The lowest BCUT2D eigenvalue weighted by molar-refractivity contribution is 0.673. The fraction of sp³-hybridized carbons (Fsp3) is 0.0154. The second kappa shape index (κ2) is 15.3. The van der Waals surface area contributed by atoms with Gasteiger partial charge in [-0.15, -0.1) is 11.3 Å². The zero-order valence-corrected chi connectivity index (χ0v) is 37.8. The normalized spacial score (nSPS) is 12.8. The van der Waals surface area contributed by atoms with Gasteiger partial charge in [0.25, 0.3) is 0 Å². The van der Waals surface area contributed by atoms with Crippen molar-refractivity contribution in [2.24, 2.45) is 0 Å². The van der Waals surface area contributed by atoms with Crippen LogP contribution in [0.1, 0.15) is 22.3 Å². The molecule has 0 N–H and O–H groups in total. The van der Waals surface area contributed by atoms with E-state index in [9.17, 15) is 0 Å². The van der Waals surface area contributed by atoms with E-state index in [-0.39, 0.29) is 0 Å². The predicted molar refractivity (Wildman–Crippen MR) is 287 cm³/mol. The summed E-state index contributed by atoms with van der Waals surface area (Å²) >= 11 is 1.86. The molecule has 0 amide bonds. The molecular weight excluding hydrogens is 843 g/mol. The third kappa shape index (κ3) is 5.83. The minimum Gasteiger partial charge on any atom is -0.455 e. The number of furan rings is 1. The van der Waals surface area contributed by atoms with E-state index in [0.29, 0.717) is 0 Å². The third-order valence-corrected chi connectivity index (χ3v) is 15.5. The van der Waals surface area contributed by atoms with Crippen LogP contribution >= 0.6 is 11.3 Å². The van der Waals surface area contributed by atoms with E-state index in [2.05, 4.69) is 254 Å². The van der Waals surface area contributed by atoms with E-state index in [1.54, 1.807) is 0 Å². The van der Waals surface area contributed by atoms with Crippen LogP contribution in [-0.4, -0.2) is 0 Å². The van der Waals surface area contributed by atoms with Crippen LogP contribution in [0.25, 0.3) is 86.3 Å². The lowest BCUT2D eigenvalue weighted by atomic mass is 9.67. The fourth-order valence-corrected chi connectivity index (χ4v) is 12.4. The quantitative estimate of drug-likeness (QED) is 0.159. The van der Waals surface area contributed by atoms with Gasteiger partial charge in [0.15, 0.2) is 0 Å². The predicted octanol–water partition coefficient (Wildman–Crippen LogP) is 18.3. The minimum absolute atomic E-state index is 0.533. The third-order valence-electron chi connectivity index (χ3n) is 14.3. The van der Waals surface area contributed by atoms with Crippen molar-refractivity contribution >= 4 is 81.3 Å². The van der Waals surface area contributed by atoms with Crippen LogP contribution in [0.2, 0.25) is 0 Å². The second-order valence-electron chi connectivity index (χ2n) is 17.9. The largest absolute Gasteiger partial charge is 0.455 e. The molecule has 11 aromatic carbocycles. The van der Waals surface area contributed by atoms with Crippen LogP contribution in [0.3, 0.4) is 0 Å². The number of hydrogen-bond donors (Lipinski definition) is 0. The van der Waals surface area contributed by atoms with Gasteiger partial charge in [0.1, 0.15) is 11.2 Å². The molecule has 318 valence electrons. The van der Waals surface area contributed by atoms with Gasteiger partial charge in [-0.2, -0.15) is 0 Å². The molecule has 3 heteroatoms. The molecule has 13 aromatic rings. The summed E-state index contributed by atoms with van der Waals surface area (Å²) < 4.78 is 9.31. The van der Waals surface area contributed by atoms with Gasteiger partial charge in [-0.05, 0) is 128 Å². The number of benzene rings is 11. The Morgan fingerprint density at radius 1 is 0.353 bits per heavy atom. The molecule has 0 saturated carbocycles. The van der Waals surface area contributed by atoms with Crippen LogP contribution < -0.4 is 4.90 Å². The van der Waals surface area contributed by atoms with Crippen molar-refractivity contribution in [2.75, 3.05) is 4.90 Å². The van der Waals surface area contributed by atoms with Crippen LogP contribution in [-0.2, 0) is 5.41 Å². The van der Waals surface area contributed by atoms with E-state index in [0.717, 1.165) is 55.5 Å². The van der Waals surface area contributed by atoms with Crippen molar-refractivity contribution in [1.82, 2.24) is 0 Å². The molecule has 0 bridgehead atoms. The summed E-state index contributed by atoms with van der Waals surface area (Å²) in [5.74, 6) is 0. The summed E-state index contributed by atoms with van der Waals surface area (Å²) in [7, 11) is 0. The van der Waals surface area contributed by atoms with Crippen LogP contribution in [0.4, 0.5) is 17.1 Å². The Bertz CT molecular complexity index is 4050. The maximum atomic E-state index is 6.68. The lowest BCUT2D eigenvalue weighted by Crippen LogP contribution is -2.28. The van der Waals surface area contributed by atoms with Crippen LogP contribution in [0.5, 0.6) is 0 Å². The SMILES string of the molecule is c1ccc(C2(c3ccccc3)c3ccccc3-c3ccc(N(c4ccc(-c5ccc6sc7ccccc7c6c5)cc4)c4cccc(-c5cccc6oc7c8ccccc8ccc7c56)c4)cc32)cc1. The molecule has 2 aromatic heterocycles. The first-order valence-corrected chi connectivity index (χ1v) is 24.1. The van der Waals surface area contributed by atoms with E-state index >= 15 is 0 Å². The van der Waals surface area contributed by atoms with Crippen molar-refractivity contribution in [3.63, 3.8) is 0 Å². The molecule has 0 aliphatic heterocycles. The number of hydrogen-bond acceptors (Lipinski definition) is 3. The Morgan fingerprint density at radius 3 is 1.84 bits per heavy atom. The fourth-order valence-electron chi connectivity index (χ4n) is 11.3. The number of thiophene rings is 1. The lowest BCUT2D eigenvalue weighted by Gasteiger charge is -2.35. The average Bonchev–Trinajstić information content (AvgIpc) is 4.08. The van der Waals surface area contributed by atoms with Crippen molar-refractivity contribution < 1.29 is 4.42 Å². The van der Waals surface area contributed by atoms with E-state index < -0.39 is 5.41 Å². The molecule has 0 atom stereocenters. The van der Waals surface area contributed by atoms with Gasteiger partial charge >= 0.3 is 0 Å². The summed E-state index contributed by atoms with van der Waals surface area (Å²) in [5, 5.41) is 7.16. The van der Waals surface area contributed by atoms with Crippen LogP contribution in [0.15, 0.2) is 253 Å².